The van der Waals surface area contributed by atoms with E-state index >= 15 is 0 Å². The molecule has 114 valence electrons. The van der Waals surface area contributed by atoms with Crippen LogP contribution in [0, 0.1) is 5.82 Å². The molecule has 5 heteroatoms. The molecule has 3 N–H and O–H groups in total. The Balaban J connectivity index is 2.56. The largest absolute Gasteiger partial charge is 0.395 e. The van der Waals surface area contributed by atoms with Crippen molar-refractivity contribution in [2.24, 2.45) is 5.73 Å². The summed E-state index contributed by atoms with van der Waals surface area (Å²) < 4.78 is 23.4. The number of aliphatic hydroxyl groups is 1. The summed E-state index contributed by atoms with van der Waals surface area (Å²) in [4.78, 5) is 0. The molecule has 0 bridgehead atoms. The van der Waals surface area contributed by atoms with Crippen LogP contribution in [-0.2, 0) is 14.9 Å². The number of halogens is 1. The van der Waals surface area contributed by atoms with Gasteiger partial charge in [-0.1, -0.05) is 12.1 Å². The van der Waals surface area contributed by atoms with E-state index < -0.39 is 5.41 Å². The molecule has 0 fully saturated rings. The van der Waals surface area contributed by atoms with E-state index in [2.05, 4.69) is 0 Å². The van der Waals surface area contributed by atoms with Gasteiger partial charge in [-0.05, 0) is 30.5 Å². The summed E-state index contributed by atoms with van der Waals surface area (Å²) in [6.45, 7) is 1.98. The monoisotopic (exact) mass is 285 g/mol. The zero-order valence-corrected chi connectivity index (χ0v) is 12.0. The van der Waals surface area contributed by atoms with Crippen LogP contribution in [0.1, 0.15) is 18.4 Å². The molecule has 1 aromatic carbocycles. The molecule has 20 heavy (non-hydrogen) atoms. The molecule has 0 saturated heterocycles. The van der Waals surface area contributed by atoms with Gasteiger partial charge in [0.15, 0.2) is 0 Å². The minimum Gasteiger partial charge on any atom is -0.395 e. The van der Waals surface area contributed by atoms with Crippen molar-refractivity contribution in [2.45, 2.75) is 18.3 Å². The van der Waals surface area contributed by atoms with Crippen molar-refractivity contribution in [3.05, 3.63) is 35.6 Å². The van der Waals surface area contributed by atoms with E-state index in [1.807, 2.05) is 0 Å². The van der Waals surface area contributed by atoms with Crippen molar-refractivity contribution in [2.75, 3.05) is 40.1 Å². The fraction of sp³-hybridized carbons (Fsp3) is 0.600. The number of hydrogen-bond acceptors (Lipinski definition) is 4. The average Bonchev–Trinajstić information content (AvgIpc) is 2.48. The van der Waals surface area contributed by atoms with Crippen LogP contribution in [-0.4, -0.2) is 45.2 Å². The van der Waals surface area contributed by atoms with Gasteiger partial charge < -0.3 is 20.3 Å². The molecule has 4 nitrogen and oxygen atoms in total. The predicted molar refractivity (Wildman–Crippen MR) is 76.1 cm³/mol. The van der Waals surface area contributed by atoms with Crippen LogP contribution < -0.4 is 5.73 Å². The maximum atomic E-state index is 13.0. The molecular weight excluding hydrogens is 261 g/mol. The SMILES string of the molecule is COCCCOCCC(CN)(CO)c1ccc(F)cc1. The molecule has 1 unspecified atom stereocenters. The maximum Gasteiger partial charge on any atom is 0.123 e. The Kier molecular flexibility index (Phi) is 7.69. The summed E-state index contributed by atoms with van der Waals surface area (Å²) in [5, 5.41) is 9.69. The first kappa shape index (κ1) is 17.0. The lowest BCUT2D eigenvalue weighted by Crippen LogP contribution is -2.40. The van der Waals surface area contributed by atoms with E-state index in [-0.39, 0.29) is 19.0 Å². The van der Waals surface area contributed by atoms with Gasteiger partial charge in [0, 0.05) is 38.9 Å². The Bertz CT molecular complexity index is 366. The van der Waals surface area contributed by atoms with Gasteiger partial charge in [-0.15, -0.1) is 0 Å². The third-order valence-electron chi connectivity index (χ3n) is 3.51. The number of nitrogens with two attached hydrogens (primary N) is 1. The topological polar surface area (TPSA) is 64.7 Å². The Morgan fingerprint density at radius 2 is 1.90 bits per heavy atom. The van der Waals surface area contributed by atoms with Crippen LogP contribution in [0.4, 0.5) is 4.39 Å². The number of aliphatic hydroxyl groups excluding tert-OH is 1. The fourth-order valence-corrected chi connectivity index (χ4v) is 2.08. The quantitative estimate of drug-likeness (QED) is 0.639. The van der Waals surface area contributed by atoms with Crippen molar-refractivity contribution in [1.82, 2.24) is 0 Å². The smallest absolute Gasteiger partial charge is 0.123 e. The highest BCUT2D eigenvalue weighted by Crippen LogP contribution is 2.27. The number of rotatable bonds is 10. The molecule has 0 aliphatic rings. The van der Waals surface area contributed by atoms with Crippen LogP contribution in [0.25, 0.3) is 0 Å². The van der Waals surface area contributed by atoms with E-state index in [1.165, 1.54) is 12.1 Å². The number of benzene rings is 1. The lowest BCUT2D eigenvalue weighted by Gasteiger charge is -2.31. The maximum absolute atomic E-state index is 13.0. The summed E-state index contributed by atoms with van der Waals surface area (Å²) in [7, 11) is 1.65. The van der Waals surface area contributed by atoms with Gasteiger partial charge in [0.1, 0.15) is 5.82 Å². The van der Waals surface area contributed by atoms with Crippen molar-refractivity contribution in [1.29, 1.82) is 0 Å². The number of hydrogen-bond donors (Lipinski definition) is 2. The minimum atomic E-state index is -0.574. The highest BCUT2D eigenvalue weighted by Gasteiger charge is 2.29. The minimum absolute atomic E-state index is 0.0867. The summed E-state index contributed by atoms with van der Waals surface area (Å²) in [5.41, 5.74) is 6.08. The molecule has 0 aliphatic heterocycles. The molecule has 0 amide bonds. The zero-order valence-electron chi connectivity index (χ0n) is 12.0. The third-order valence-corrected chi connectivity index (χ3v) is 3.51. The third kappa shape index (κ3) is 4.83. The first-order valence-corrected chi connectivity index (χ1v) is 6.82. The Hall–Kier alpha value is -1.01. The Labute approximate surface area is 119 Å². The Morgan fingerprint density at radius 1 is 1.20 bits per heavy atom. The second-order valence-corrected chi connectivity index (χ2v) is 4.86. The zero-order chi connectivity index (χ0) is 14.8. The lowest BCUT2D eigenvalue weighted by molar-refractivity contribution is 0.0782. The van der Waals surface area contributed by atoms with Crippen LogP contribution in [0.15, 0.2) is 24.3 Å². The summed E-state index contributed by atoms with van der Waals surface area (Å²) in [6.07, 6.45) is 1.43. The van der Waals surface area contributed by atoms with E-state index in [4.69, 9.17) is 15.2 Å². The number of ether oxygens (including phenoxy) is 2. The molecule has 0 aromatic heterocycles. The molecule has 0 saturated carbocycles. The molecule has 0 radical (unpaired) electrons. The molecule has 0 aliphatic carbocycles. The molecular formula is C15H24FNO3. The first-order valence-electron chi connectivity index (χ1n) is 6.82. The summed E-state index contributed by atoms with van der Waals surface area (Å²) >= 11 is 0. The van der Waals surface area contributed by atoms with Gasteiger partial charge in [0.2, 0.25) is 0 Å². The van der Waals surface area contributed by atoms with Crippen LogP contribution in [0.3, 0.4) is 0 Å². The summed E-state index contributed by atoms with van der Waals surface area (Å²) in [6, 6.07) is 6.11. The lowest BCUT2D eigenvalue weighted by atomic mass is 9.78. The standard InChI is InChI=1S/C15H24FNO3/c1-19-8-2-9-20-10-7-15(11-17,12-18)13-3-5-14(16)6-4-13/h3-6,18H,2,7-12,17H2,1H3. The van der Waals surface area contributed by atoms with Gasteiger partial charge in [0.05, 0.1) is 6.61 Å². The predicted octanol–water partition coefficient (Wildman–Crippen LogP) is 1.46. The van der Waals surface area contributed by atoms with Crippen LogP contribution in [0.2, 0.25) is 0 Å². The van der Waals surface area contributed by atoms with Gasteiger partial charge in [-0.3, -0.25) is 0 Å². The fourth-order valence-electron chi connectivity index (χ4n) is 2.08. The average molecular weight is 285 g/mol. The van der Waals surface area contributed by atoms with Crippen molar-refractivity contribution in [3.63, 3.8) is 0 Å². The van der Waals surface area contributed by atoms with Gasteiger partial charge >= 0.3 is 0 Å². The molecule has 1 atom stereocenters. The van der Waals surface area contributed by atoms with Crippen LogP contribution in [0.5, 0.6) is 0 Å². The van der Waals surface area contributed by atoms with Gasteiger partial charge in [-0.2, -0.15) is 0 Å². The van der Waals surface area contributed by atoms with E-state index in [1.54, 1.807) is 19.2 Å². The summed E-state index contributed by atoms with van der Waals surface area (Å²) in [5.74, 6) is -0.298. The number of methoxy groups -OCH3 is 1. The molecule has 0 spiro atoms. The highest BCUT2D eigenvalue weighted by atomic mass is 19.1. The van der Waals surface area contributed by atoms with Crippen LogP contribution >= 0.6 is 0 Å². The van der Waals surface area contributed by atoms with Crippen molar-refractivity contribution >= 4 is 0 Å². The molecule has 0 heterocycles. The van der Waals surface area contributed by atoms with E-state index in [9.17, 15) is 9.50 Å². The second kappa shape index (κ2) is 9.02. The van der Waals surface area contributed by atoms with E-state index in [0.29, 0.717) is 26.2 Å². The highest BCUT2D eigenvalue weighted by molar-refractivity contribution is 5.26. The molecule has 1 rings (SSSR count). The van der Waals surface area contributed by atoms with Gasteiger partial charge in [0.25, 0.3) is 0 Å². The van der Waals surface area contributed by atoms with Crippen molar-refractivity contribution < 1.29 is 19.0 Å². The van der Waals surface area contributed by atoms with E-state index in [0.717, 1.165) is 12.0 Å². The second-order valence-electron chi connectivity index (χ2n) is 4.86. The Morgan fingerprint density at radius 3 is 2.45 bits per heavy atom. The molecule has 1 aromatic rings. The van der Waals surface area contributed by atoms with Gasteiger partial charge in [-0.25, -0.2) is 4.39 Å². The normalized spacial score (nSPS) is 14.2. The van der Waals surface area contributed by atoms with Crippen molar-refractivity contribution in [3.8, 4) is 0 Å². The first-order chi connectivity index (χ1) is 9.68.